The van der Waals surface area contributed by atoms with E-state index in [1.54, 1.807) is 38.2 Å². The largest absolute Gasteiger partial charge is 0.334 e. The molecule has 0 radical (unpaired) electrons. The predicted molar refractivity (Wildman–Crippen MR) is 72.2 cm³/mol. The first kappa shape index (κ1) is 13.9. The van der Waals surface area contributed by atoms with Gasteiger partial charge in [-0.25, -0.2) is 0 Å². The minimum Gasteiger partial charge on any atom is -0.334 e. The van der Waals surface area contributed by atoms with E-state index in [-0.39, 0.29) is 11.6 Å². The molecular weight excluding hydrogens is 289 g/mol. The van der Waals surface area contributed by atoms with E-state index >= 15 is 0 Å². The molecule has 2 heterocycles. The highest BCUT2D eigenvalue weighted by Crippen LogP contribution is 2.19. The second kappa shape index (κ2) is 5.22. The number of carbonyl (C=O) groups is 1. The van der Waals surface area contributed by atoms with Gasteiger partial charge in [-0.3, -0.25) is 14.2 Å². The van der Waals surface area contributed by atoms with E-state index in [1.165, 1.54) is 9.58 Å². The highest BCUT2D eigenvalue weighted by molar-refractivity contribution is 6.33. The van der Waals surface area contributed by atoms with Gasteiger partial charge in [0.15, 0.2) is 5.69 Å². The lowest BCUT2D eigenvalue weighted by Crippen LogP contribution is -2.28. The highest BCUT2D eigenvalue weighted by atomic mass is 35.5. The summed E-state index contributed by atoms with van der Waals surface area (Å²) in [6.07, 6.45) is 3.13. The molecule has 0 N–H and O–H groups in total. The summed E-state index contributed by atoms with van der Waals surface area (Å²) in [5.74, 6) is -0.261. The summed E-state index contributed by atoms with van der Waals surface area (Å²) < 4.78 is 3.13. The van der Waals surface area contributed by atoms with Crippen molar-refractivity contribution in [3.05, 3.63) is 33.8 Å². The SMILES string of the molecule is CN(Cc1c(Cl)cnn1C)C(=O)c1nn(C)cc1Cl. The summed E-state index contributed by atoms with van der Waals surface area (Å²) in [6, 6.07) is 0. The Hall–Kier alpha value is -1.53. The molecule has 0 bridgehead atoms. The summed E-state index contributed by atoms with van der Waals surface area (Å²) in [5, 5.41) is 8.92. The van der Waals surface area contributed by atoms with Gasteiger partial charge in [-0.05, 0) is 0 Å². The number of carbonyl (C=O) groups excluding carboxylic acids is 1. The van der Waals surface area contributed by atoms with Crippen LogP contribution in [0.5, 0.6) is 0 Å². The van der Waals surface area contributed by atoms with Crippen molar-refractivity contribution in [3.63, 3.8) is 0 Å². The zero-order valence-corrected chi connectivity index (χ0v) is 12.3. The van der Waals surface area contributed by atoms with Gasteiger partial charge in [0, 0.05) is 27.3 Å². The highest BCUT2D eigenvalue weighted by Gasteiger charge is 2.20. The van der Waals surface area contributed by atoms with Crippen molar-refractivity contribution in [1.29, 1.82) is 0 Å². The monoisotopic (exact) mass is 301 g/mol. The summed E-state index contributed by atoms with van der Waals surface area (Å²) in [7, 11) is 5.14. The topological polar surface area (TPSA) is 56.0 Å². The van der Waals surface area contributed by atoms with Gasteiger partial charge >= 0.3 is 0 Å². The van der Waals surface area contributed by atoms with Crippen LogP contribution in [0.15, 0.2) is 12.4 Å². The fourth-order valence-corrected chi connectivity index (χ4v) is 2.18. The minimum atomic E-state index is -0.261. The first-order chi connectivity index (χ1) is 8.90. The van der Waals surface area contributed by atoms with Crippen molar-refractivity contribution in [1.82, 2.24) is 24.5 Å². The normalized spacial score (nSPS) is 10.8. The van der Waals surface area contributed by atoms with Crippen molar-refractivity contribution >= 4 is 29.1 Å². The average molecular weight is 302 g/mol. The molecule has 0 saturated heterocycles. The number of hydrogen-bond acceptors (Lipinski definition) is 3. The van der Waals surface area contributed by atoms with Gasteiger partial charge in [-0.1, -0.05) is 23.2 Å². The molecule has 6 nitrogen and oxygen atoms in total. The van der Waals surface area contributed by atoms with Crippen LogP contribution in [-0.4, -0.2) is 37.4 Å². The van der Waals surface area contributed by atoms with Crippen molar-refractivity contribution in [2.24, 2.45) is 14.1 Å². The predicted octanol–water partition coefficient (Wildman–Crippen LogP) is 1.73. The van der Waals surface area contributed by atoms with E-state index in [2.05, 4.69) is 10.2 Å². The maximum Gasteiger partial charge on any atom is 0.276 e. The number of aromatic nitrogens is 4. The van der Waals surface area contributed by atoms with Gasteiger partial charge in [0.2, 0.25) is 0 Å². The number of aryl methyl sites for hydroxylation is 2. The molecule has 2 rings (SSSR count). The summed E-state index contributed by atoms with van der Waals surface area (Å²) >= 11 is 12.0. The Balaban J connectivity index is 2.19. The molecule has 2 aromatic rings. The molecule has 0 atom stereocenters. The van der Waals surface area contributed by atoms with Crippen LogP contribution >= 0.6 is 23.2 Å². The van der Waals surface area contributed by atoms with E-state index in [0.717, 1.165) is 5.69 Å². The van der Waals surface area contributed by atoms with Crippen LogP contribution in [0.1, 0.15) is 16.2 Å². The van der Waals surface area contributed by atoms with Crippen molar-refractivity contribution in [3.8, 4) is 0 Å². The number of halogens is 2. The Labute approximate surface area is 120 Å². The Bertz CT molecular complexity index is 599. The molecule has 102 valence electrons. The minimum absolute atomic E-state index is 0.227. The van der Waals surface area contributed by atoms with E-state index < -0.39 is 0 Å². The zero-order chi connectivity index (χ0) is 14.2. The Morgan fingerprint density at radius 2 is 2.05 bits per heavy atom. The van der Waals surface area contributed by atoms with Gasteiger partial charge < -0.3 is 4.90 Å². The van der Waals surface area contributed by atoms with Gasteiger partial charge in [-0.2, -0.15) is 10.2 Å². The number of rotatable bonds is 3. The molecule has 0 unspecified atom stereocenters. The van der Waals surface area contributed by atoms with Gasteiger partial charge in [-0.15, -0.1) is 0 Å². The van der Waals surface area contributed by atoms with Crippen LogP contribution in [-0.2, 0) is 20.6 Å². The molecule has 0 spiro atoms. The third-order valence-corrected chi connectivity index (χ3v) is 3.32. The van der Waals surface area contributed by atoms with Crippen molar-refractivity contribution in [2.45, 2.75) is 6.54 Å². The Morgan fingerprint density at radius 1 is 1.37 bits per heavy atom. The number of hydrogen-bond donors (Lipinski definition) is 0. The fourth-order valence-electron chi connectivity index (χ4n) is 1.70. The first-order valence-corrected chi connectivity index (χ1v) is 6.26. The summed E-state index contributed by atoms with van der Waals surface area (Å²) in [6.45, 7) is 0.334. The molecule has 0 aliphatic carbocycles. The Kier molecular flexibility index (Phi) is 3.82. The molecule has 19 heavy (non-hydrogen) atoms. The summed E-state index contributed by atoms with van der Waals surface area (Å²) in [5.41, 5.74) is 0.981. The molecular formula is C11H13Cl2N5O. The summed E-state index contributed by atoms with van der Waals surface area (Å²) in [4.78, 5) is 13.7. The third kappa shape index (κ3) is 2.74. The molecule has 0 aliphatic heterocycles. The van der Waals surface area contributed by atoms with Crippen LogP contribution in [0.4, 0.5) is 0 Å². The van der Waals surface area contributed by atoms with E-state index in [0.29, 0.717) is 16.6 Å². The lowest BCUT2D eigenvalue weighted by Gasteiger charge is -2.16. The maximum absolute atomic E-state index is 12.2. The smallest absolute Gasteiger partial charge is 0.276 e. The van der Waals surface area contributed by atoms with Crippen LogP contribution in [0, 0.1) is 0 Å². The molecule has 2 aromatic heterocycles. The molecule has 0 saturated carbocycles. The van der Waals surface area contributed by atoms with Crippen LogP contribution < -0.4 is 0 Å². The molecule has 1 amide bonds. The second-order valence-electron chi connectivity index (χ2n) is 4.22. The van der Waals surface area contributed by atoms with Crippen LogP contribution in [0.3, 0.4) is 0 Å². The Morgan fingerprint density at radius 3 is 2.53 bits per heavy atom. The lowest BCUT2D eigenvalue weighted by molar-refractivity contribution is 0.0775. The first-order valence-electron chi connectivity index (χ1n) is 5.51. The quantitative estimate of drug-likeness (QED) is 0.867. The maximum atomic E-state index is 12.2. The third-order valence-electron chi connectivity index (χ3n) is 2.73. The van der Waals surface area contributed by atoms with Crippen molar-refractivity contribution < 1.29 is 4.79 Å². The van der Waals surface area contributed by atoms with E-state index in [9.17, 15) is 4.79 Å². The van der Waals surface area contributed by atoms with E-state index in [4.69, 9.17) is 23.2 Å². The second-order valence-corrected chi connectivity index (χ2v) is 5.04. The van der Waals surface area contributed by atoms with Crippen molar-refractivity contribution in [2.75, 3.05) is 7.05 Å². The molecule has 0 aromatic carbocycles. The van der Waals surface area contributed by atoms with Gasteiger partial charge in [0.05, 0.1) is 28.5 Å². The number of amides is 1. The van der Waals surface area contributed by atoms with E-state index in [1.807, 2.05) is 0 Å². The fraction of sp³-hybridized carbons (Fsp3) is 0.364. The number of nitrogens with zero attached hydrogens (tertiary/aromatic N) is 5. The van der Waals surface area contributed by atoms with Gasteiger partial charge in [0.1, 0.15) is 0 Å². The lowest BCUT2D eigenvalue weighted by atomic mass is 10.3. The zero-order valence-electron chi connectivity index (χ0n) is 10.8. The molecule has 8 heteroatoms. The van der Waals surface area contributed by atoms with Crippen LogP contribution in [0.25, 0.3) is 0 Å². The molecule has 0 aliphatic rings. The van der Waals surface area contributed by atoms with Crippen LogP contribution in [0.2, 0.25) is 10.0 Å². The molecule has 0 fully saturated rings. The van der Waals surface area contributed by atoms with Gasteiger partial charge in [0.25, 0.3) is 5.91 Å². The average Bonchev–Trinajstić information content (AvgIpc) is 2.84. The standard InChI is InChI=1S/C11H13Cl2N5O/c1-16(6-9-7(12)4-14-18(9)3)11(19)10-8(13)5-17(2)15-10/h4-5H,6H2,1-3H3.